The minimum Gasteiger partial charge on any atom is -0.384 e. The molecule has 0 atom stereocenters. The highest BCUT2D eigenvalue weighted by atomic mass is 16.5. The van der Waals surface area contributed by atoms with Crippen LogP contribution < -0.4 is 5.73 Å². The molecular formula is C15H19N3O. The van der Waals surface area contributed by atoms with Gasteiger partial charge >= 0.3 is 0 Å². The Balaban J connectivity index is 2.46. The van der Waals surface area contributed by atoms with Crippen molar-refractivity contribution in [1.82, 2.24) is 9.97 Å². The summed E-state index contributed by atoms with van der Waals surface area (Å²) in [4.78, 5) is 8.87. The molecule has 1 aromatic heterocycles. The van der Waals surface area contributed by atoms with E-state index >= 15 is 0 Å². The summed E-state index contributed by atoms with van der Waals surface area (Å²) in [5, 5.41) is 0. The van der Waals surface area contributed by atoms with Gasteiger partial charge in [0.2, 0.25) is 0 Å². The topological polar surface area (TPSA) is 61.0 Å². The number of rotatable bonds is 4. The molecule has 4 heteroatoms. The van der Waals surface area contributed by atoms with Crippen molar-refractivity contribution in [3.63, 3.8) is 0 Å². The smallest absolute Gasteiger partial charge is 0.162 e. The van der Waals surface area contributed by atoms with Crippen LogP contribution in [0.1, 0.15) is 26.6 Å². The largest absolute Gasteiger partial charge is 0.384 e. The molecule has 0 aliphatic carbocycles. The van der Waals surface area contributed by atoms with Gasteiger partial charge in [-0.3, -0.25) is 0 Å². The number of aromatic nitrogens is 2. The van der Waals surface area contributed by atoms with Crippen LogP contribution in [0.25, 0.3) is 11.3 Å². The highest BCUT2D eigenvalue weighted by Crippen LogP contribution is 2.25. The molecule has 0 aliphatic heterocycles. The molecular weight excluding hydrogens is 238 g/mol. The Morgan fingerprint density at radius 1 is 1.16 bits per heavy atom. The zero-order chi connectivity index (χ0) is 13.9. The summed E-state index contributed by atoms with van der Waals surface area (Å²) in [6.07, 6.45) is 0. The van der Waals surface area contributed by atoms with E-state index in [1.807, 2.05) is 51.1 Å². The first-order valence-electron chi connectivity index (χ1n) is 6.37. The van der Waals surface area contributed by atoms with Crippen molar-refractivity contribution in [1.29, 1.82) is 0 Å². The fourth-order valence-electron chi connectivity index (χ4n) is 1.92. The second-order valence-electron chi connectivity index (χ2n) is 4.81. The van der Waals surface area contributed by atoms with Gasteiger partial charge in [-0.2, -0.15) is 0 Å². The SMILES string of the molecule is CCOC(C)(C)c1nc(N)cc(-c2ccccc2)n1. The molecule has 0 radical (unpaired) electrons. The summed E-state index contributed by atoms with van der Waals surface area (Å²) in [6.45, 7) is 6.44. The molecule has 0 spiro atoms. The highest BCUT2D eigenvalue weighted by molar-refractivity contribution is 5.61. The van der Waals surface area contributed by atoms with E-state index in [2.05, 4.69) is 9.97 Å². The maximum Gasteiger partial charge on any atom is 0.162 e. The lowest BCUT2D eigenvalue weighted by Gasteiger charge is -2.23. The monoisotopic (exact) mass is 257 g/mol. The summed E-state index contributed by atoms with van der Waals surface area (Å²) in [6, 6.07) is 11.7. The third-order valence-electron chi connectivity index (χ3n) is 2.86. The van der Waals surface area contributed by atoms with Gasteiger partial charge in [0.1, 0.15) is 11.4 Å². The first-order valence-corrected chi connectivity index (χ1v) is 6.37. The van der Waals surface area contributed by atoms with Crippen LogP contribution in [0, 0.1) is 0 Å². The maximum absolute atomic E-state index is 5.88. The number of ether oxygens (including phenoxy) is 1. The Morgan fingerprint density at radius 3 is 2.47 bits per heavy atom. The predicted molar refractivity (Wildman–Crippen MR) is 76.5 cm³/mol. The summed E-state index contributed by atoms with van der Waals surface area (Å²) in [5.74, 6) is 1.06. The van der Waals surface area contributed by atoms with Crippen molar-refractivity contribution in [3.05, 3.63) is 42.2 Å². The Hall–Kier alpha value is -1.94. The van der Waals surface area contributed by atoms with Gasteiger partial charge in [-0.05, 0) is 20.8 Å². The second-order valence-corrected chi connectivity index (χ2v) is 4.81. The lowest BCUT2D eigenvalue weighted by atomic mass is 10.1. The molecule has 2 aromatic rings. The summed E-state index contributed by atoms with van der Waals surface area (Å²) < 4.78 is 5.68. The van der Waals surface area contributed by atoms with Crippen LogP contribution in [0.2, 0.25) is 0 Å². The average Bonchev–Trinajstić information content (AvgIpc) is 2.39. The fraction of sp³-hybridized carbons (Fsp3) is 0.333. The number of nitrogen functional groups attached to an aromatic ring is 1. The van der Waals surface area contributed by atoms with Gasteiger partial charge in [0.15, 0.2) is 5.82 Å². The molecule has 1 heterocycles. The van der Waals surface area contributed by atoms with E-state index in [0.29, 0.717) is 18.2 Å². The number of hydrogen-bond acceptors (Lipinski definition) is 4. The summed E-state index contributed by atoms with van der Waals surface area (Å²) >= 11 is 0. The molecule has 1 aromatic carbocycles. The zero-order valence-corrected chi connectivity index (χ0v) is 11.6. The number of nitrogens with zero attached hydrogens (tertiary/aromatic N) is 2. The minimum absolute atomic E-state index is 0.455. The molecule has 2 rings (SSSR count). The van der Waals surface area contributed by atoms with Gasteiger partial charge in [0, 0.05) is 18.2 Å². The molecule has 4 nitrogen and oxygen atoms in total. The van der Waals surface area contributed by atoms with Gasteiger partial charge in [-0.15, -0.1) is 0 Å². The van der Waals surface area contributed by atoms with Crippen molar-refractivity contribution in [2.75, 3.05) is 12.3 Å². The predicted octanol–water partition coefficient (Wildman–Crippen LogP) is 3.00. The average molecular weight is 257 g/mol. The highest BCUT2D eigenvalue weighted by Gasteiger charge is 2.25. The van der Waals surface area contributed by atoms with E-state index in [0.717, 1.165) is 11.3 Å². The zero-order valence-electron chi connectivity index (χ0n) is 11.6. The Kier molecular flexibility index (Phi) is 3.81. The van der Waals surface area contributed by atoms with Crippen molar-refractivity contribution >= 4 is 5.82 Å². The van der Waals surface area contributed by atoms with Crippen molar-refractivity contribution in [3.8, 4) is 11.3 Å². The van der Waals surface area contributed by atoms with Crippen LogP contribution in [0.15, 0.2) is 36.4 Å². The van der Waals surface area contributed by atoms with E-state index < -0.39 is 5.60 Å². The molecule has 0 saturated heterocycles. The van der Waals surface area contributed by atoms with Crippen LogP contribution >= 0.6 is 0 Å². The number of nitrogens with two attached hydrogens (primary N) is 1. The Labute approximate surface area is 113 Å². The Morgan fingerprint density at radius 2 is 1.84 bits per heavy atom. The Bertz CT molecular complexity index is 553. The lowest BCUT2D eigenvalue weighted by molar-refractivity contribution is -0.0206. The first-order chi connectivity index (χ1) is 9.03. The molecule has 19 heavy (non-hydrogen) atoms. The van der Waals surface area contributed by atoms with Crippen LogP contribution in [-0.4, -0.2) is 16.6 Å². The van der Waals surface area contributed by atoms with Gasteiger partial charge < -0.3 is 10.5 Å². The molecule has 0 aliphatic rings. The number of benzene rings is 1. The van der Waals surface area contributed by atoms with Crippen molar-refractivity contribution < 1.29 is 4.74 Å². The summed E-state index contributed by atoms with van der Waals surface area (Å²) in [7, 11) is 0. The normalized spacial score (nSPS) is 11.5. The number of anilines is 1. The van der Waals surface area contributed by atoms with E-state index in [-0.39, 0.29) is 0 Å². The summed E-state index contributed by atoms with van der Waals surface area (Å²) in [5.41, 5.74) is 7.17. The quantitative estimate of drug-likeness (QED) is 0.914. The fourth-order valence-corrected chi connectivity index (χ4v) is 1.92. The standard InChI is InChI=1S/C15H19N3O/c1-4-19-15(2,3)14-17-12(10-13(16)18-14)11-8-6-5-7-9-11/h5-10H,4H2,1-3H3,(H2,16,17,18). The van der Waals surface area contributed by atoms with E-state index in [9.17, 15) is 0 Å². The van der Waals surface area contributed by atoms with Crippen molar-refractivity contribution in [2.24, 2.45) is 0 Å². The third-order valence-corrected chi connectivity index (χ3v) is 2.86. The van der Waals surface area contributed by atoms with Crippen LogP contribution in [0.3, 0.4) is 0 Å². The first kappa shape index (κ1) is 13.5. The van der Waals surface area contributed by atoms with E-state index in [4.69, 9.17) is 10.5 Å². The second kappa shape index (κ2) is 5.36. The molecule has 0 saturated carbocycles. The van der Waals surface area contributed by atoms with Crippen LogP contribution in [0.5, 0.6) is 0 Å². The molecule has 0 bridgehead atoms. The third kappa shape index (κ3) is 3.09. The molecule has 100 valence electrons. The van der Waals surface area contributed by atoms with Gasteiger partial charge in [0.25, 0.3) is 0 Å². The molecule has 0 amide bonds. The van der Waals surface area contributed by atoms with Gasteiger partial charge in [0.05, 0.1) is 5.69 Å². The molecule has 2 N–H and O–H groups in total. The van der Waals surface area contributed by atoms with Crippen LogP contribution in [0.4, 0.5) is 5.82 Å². The minimum atomic E-state index is -0.548. The van der Waals surface area contributed by atoms with Gasteiger partial charge in [-0.1, -0.05) is 30.3 Å². The van der Waals surface area contributed by atoms with E-state index in [1.54, 1.807) is 6.07 Å². The molecule has 0 fully saturated rings. The molecule has 0 unspecified atom stereocenters. The van der Waals surface area contributed by atoms with E-state index in [1.165, 1.54) is 0 Å². The van der Waals surface area contributed by atoms with Gasteiger partial charge in [-0.25, -0.2) is 9.97 Å². The lowest BCUT2D eigenvalue weighted by Crippen LogP contribution is -2.25. The van der Waals surface area contributed by atoms with Crippen LogP contribution in [-0.2, 0) is 10.3 Å². The number of hydrogen-bond donors (Lipinski definition) is 1. The van der Waals surface area contributed by atoms with Crippen molar-refractivity contribution in [2.45, 2.75) is 26.4 Å². The maximum atomic E-state index is 5.88.